The molecule has 0 radical (unpaired) electrons. The van der Waals surface area contributed by atoms with Crippen LogP contribution in [0.25, 0.3) is 0 Å². The minimum Gasteiger partial charge on any atom is -0.390 e. The Balaban J connectivity index is 2.49. The quantitative estimate of drug-likeness (QED) is 0.733. The van der Waals surface area contributed by atoms with Crippen LogP contribution in [0, 0.1) is 0 Å². The molecule has 16 heavy (non-hydrogen) atoms. The van der Waals surface area contributed by atoms with Gasteiger partial charge < -0.3 is 15.3 Å². The average Bonchev–Trinajstić information content (AvgIpc) is 2.34. The van der Waals surface area contributed by atoms with Crippen molar-refractivity contribution in [2.75, 3.05) is 31.1 Å². The predicted molar refractivity (Wildman–Crippen MR) is 68.9 cm³/mol. The zero-order valence-electron chi connectivity index (χ0n) is 10.2. The number of para-hydroxylation sites is 1. The molecule has 0 heterocycles. The molecule has 1 aromatic rings. The van der Waals surface area contributed by atoms with Gasteiger partial charge >= 0.3 is 0 Å². The molecule has 1 atom stereocenters. The van der Waals surface area contributed by atoms with Gasteiger partial charge in [-0.3, -0.25) is 0 Å². The Hall–Kier alpha value is -1.06. The Morgan fingerprint density at radius 3 is 2.50 bits per heavy atom. The molecule has 0 saturated heterocycles. The van der Waals surface area contributed by atoms with Gasteiger partial charge in [0.1, 0.15) is 0 Å². The van der Waals surface area contributed by atoms with Gasteiger partial charge in [0.25, 0.3) is 0 Å². The highest BCUT2D eigenvalue weighted by atomic mass is 16.3. The number of nitrogens with one attached hydrogen (secondary N) is 1. The Kier molecular flexibility index (Phi) is 5.90. The lowest BCUT2D eigenvalue weighted by atomic mass is 10.2. The van der Waals surface area contributed by atoms with Crippen LogP contribution < -0.4 is 10.2 Å². The summed E-state index contributed by atoms with van der Waals surface area (Å²) >= 11 is 0. The Morgan fingerprint density at radius 1 is 1.25 bits per heavy atom. The first-order valence-corrected chi connectivity index (χ1v) is 5.96. The van der Waals surface area contributed by atoms with Crippen LogP contribution in [0.1, 0.15) is 13.8 Å². The standard InChI is InChI=1S/C13H22N2O/c1-3-14-10-13(16)11-15(4-2)12-8-6-5-7-9-12/h5-9,13-14,16H,3-4,10-11H2,1-2H3. The number of benzene rings is 1. The van der Waals surface area contributed by atoms with Crippen molar-refractivity contribution in [1.29, 1.82) is 0 Å². The van der Waals surface area contributed by atoms with Gasteiger partial charge in [-0.05, 0) is 25.6 Å². The molecule has 0 spiro atoms. The van der Waals surface area contributed by atoms with E-state index in [1.54, 1.807) is 0 Å². The summed E-state index contributed by atoms with van der Waals surface area (Å²) in [6, 6.07) is 10.2. The lowest BCUT2D eigenvalue weighted by molar-refractivity contribution is 0.177. The number of aliphatic hydroxyl groups is 1. The van der Waals surface area contributed by atoms with Crippen molar-refractivity contribution in [2.45, 2.75) is 20.0 Å². The number of anilines is 1. The van der Waals surface area contributed by atoms with Gasteiger partial charge in [-0.25, -0.2) is 0 Å². The molecule has 0 saturated carbocycles. The number of hydrogen-bond donors (Lipinski definition) is 2. The second-order valence-corrected chi connectivity index (χ2v) is 3.84. The molecule has 1 aromatic carbocycles. The Morgan fingerprint density at radius 2 is 1.94 bits per heavy atom. The van der Waals surface area contributed by atoms with E-state index in [9.17, 15) is 5.11 Å². The van der Waals surface area contributed by atoms with Crippen LogP contribution in [0.3, 0.4) is 0 Å². The van der Waals surface area contributed by atoms with Crippen LogP contribution in [-0.4, -0.2) is 37.4 Å². The van der Waals surface area contributed by atoms with Gasteiger partial charge in [0.15, 0.2) is 0 Å². The molecular weight excluding hydrogens is 200 g/mol. The third-order valence-electron chi connectivity index (χ3n) is 2.56. The number of likely N-dealkylation sites (N-methyl/N-ethyl adjacent to an activating group) is 2. The summed E-state index contributed by atoms with van der Waals surface area (Å²) < 4.78 is 0. The van der Waals surface area contributed by atoms with E-state index in [4.69, 9.17) is 0 Å². The second-order valence-electron chi connectivity index (χ2n) is 3.84. The van der Waals surface area contributed by atoms with Crippen LogP contribution >= 0.6 is 0 Å². The first kappa shape index (κ1) is 13.0. The van der Waals surface area contributed by atoms with Crippen molar-refractivity contribution in [3.8, 4) is 0 Å². The average molecular weight is 222 g/mol. The summed E-state index contributed by atoms with van der Waals surface area (Å²) in [5.41, 5.74) is 1.17. The largest absolute Gasteiger partial charge is 0.390 e. The predicted octanol–water partition coefficient (Wildman–Crippen LogP) is 1.48. The zero-order valence-corrected chi connectivity index (χ0v) is 10.2. The van der Waals surface area contributed by atoms with Crippen LogP contribution in [0.5, 0.6) is 0 Å². The third kappa shape index (κ3) is 4.21. The maximum absolute atomic E-state index is 9.84. The van der Waals surface area contributed by atoms with Crippen LogP contribution in [0.15, 0.2) is 30.3 Å². The van der Waals surface area contributed by atoms with Gasteiger partial charge in [0.2, 0.25) is 0 Å². The zero-order chi connectivity index (χ0) is 11.8. The highest BCUT2D eigenvalue weighted by Gasteiger charge is 2.09. The smallest absolute Gasteiger partial charge is 0.0839 e. The van der Waals surface area contributed by atoms with Gasteiger partial charge in [-0.2, -0.15) is 0 Å². The summed E-state index contributed by atoms with van der Waals surface area (Å²) in [5, 5.41) is 13.0. The lowest BCUT2D eigenvalue weighted by Gasteiger charge is -2.26. The molecular formula is C13H22N2O. The summed E-state index contributed by atoms with van der Waals surface area (Å²) in [4.78, 5) is 2.18. The van der Waals surface area contributed by atoms with E-state index >= 15 is 0 Å². The molecule has 0 fully saturated rings. The molecule has 0 amide bonds. The fourth-order valence-electron chi connectivity index (χ4n) is 1.69. The van der Waals surface area contributed by atoms with E-state index < -0.39 is 0 Å². The van der Waals surface area contributed by atoms with E-state index in [-0.39, 0.29) is 6.10 Å². The van der Waals surface area contributed by atoms with Crippen molar-refractivity contribution in [3.63, 3.8) is 0 Å². The summed E-state index contributed by atoms with van der Waals surface area (Å²) in [6.07, 6.45) is -0.319. The van der Waals surface area contributed by atoms with E-state index in [0.29, 0.717) is 13.1 Å². The van der Waals surface area contributed by atoms with E-state index in [1.807, 2.05) is 25.1 Å². The molecule has 0 aromatic heterocycles. The van der Waals surface area contributed by atoms with Crippen LogP contribution in [0.4, 0.5) is 5.69 Å². The molecule has 90 valence electrons. The first-order valence-electron chi connectivity index (χ1n) is 5.96. The minimum atomic E-state index is -0.319. The highest BCUT2D eigenvalue weighted by Crippen LogP contribution is 2.12. The molecule has 0 aliphatic carbocycles. The van der Waals surface area contributed by atoms with Crippen molar-refractivity contribution < 1.29 is 5.11 Å². The fraction of sp³-hybridized carbons (Fsp3) is 0.538. The molecule has 0 aliphatic rings. The Labute approximate surface area is 98.1 Å². The molecule has 3 heteroatoms. The van der Waals surface area contributed by atoms with Crippen molar-refractivity contribution in [2.24, 2.45) is 0 Å². The van der Waals surface area contributed by atoms with E-state index in [2.05, 4.69) is 29.3 Å². The van der Waals surface area contributed by atoms with Crippen molar-refractivity contribution >= 4 is 5.69 Å². The Bertz CT molecular complexity index is 277. The van der Waals surface area contributed by atoms with Gasteiger partial charge in [-0.1, -0.05) is 25.1 Å². The second kappa shape index (κ2) is 7.25. The molecule has 0 aliphatic heterocycles. The number of hydrogen-bond acceptors (Lipinski definition) is 3. The third-order valence-corrected chi connectivity index (χ3v) is 2.56. The number of aliphatic hydroxyl groups excluding tert-OH is 1. The SMILES string of the molecule is CCNCC(O)CN(CC)c1ccccc1. The minimum absolute atomic E-state index is 0.319. The van der Waals surface area contributed by atoms with E-state index in [1.165, 1.54) is 5.69 Å². The lowest BCUT2D eigenvalue weighted by Crippen LogP contribution is -2.38. The maximum atomic E-state index is 9.84. The summed E-state index contributed by atoms with van der Waals surface area (Å²) in [6.45, 7) is 7.28. The van der Waals surface area contributed by atoms with Crippen LogP contribution in [-0.2, 0) is 0 Å². The van der Waals surface area contributed by atoms with Crippen molar-refractivity contribution in [1.82, 2.24) is 5.32 Å². The molecule has 0 bridgehead atoms. The maximum Gasteiger partial charge on any atom is 0.0839 e. The summed E-state index contributed by atoms with van der Waals surface area (Å²) in [7, 11) is 0. The first-order chi connectivity index (χ1) is 7.77. The molecule has 2 N–H and O–H groups in total. The van der Waals surface area contributed by atoms with Gasteiger partial charge in [0, 0.05) is 25.3 Å². The molecule has 3 nitrogen and oxygen atoms in total. The van der Waals surface area contributed by atoms with Crippen LogP contribution in [0.2, 0.25) is 0 Å². The molecule has 1 rings (SSSR count). The van der Waals surface area contributed by atoms with Gasteiger partial charge in [-0.15, -0.1) is 0 Å². The fourth-order valence-corrected chi connectivity index (χ4v) is 1.69. The number of nitrogens with zero attached hydrogens (tertiary/aromatic N) is 1. The monoisotopic (exact) mass is 222 g/mol. The summed E-state index contributed by atoms with van der Waals surface area (Å²) in [5.74, 6) is 0. The van der Waals surface area contributed by atoms with E-state index in [0.717, 1.165) is 13.1 Å². The number of rotatable bonds is 7. The normalized spacial score (nSPS) is 12.4. The molecule has 1 unspecified atom stereocenters. The topological polar surface area (TPSA) is 35.5 Å². The van der Waals surface area contributed by atoms with Crippen molar-refractivity contribution in [3.05, 3.63) is 30.3 Å². The van der Waals surface area contributed by atoms with Gasteiger partial charge in [0.05, 0.1) is 6.10 Å². The highest BCUT2D eigenvalue weighted by molar-refractivity contribution is 5.45.